The molecule has 0 N–H and O–H groups in total. The predicted molar refractivity (Wildman–Crippen MR) is 118 cm³/mol. The van der Waals surface area contributed by atoms with Crippen LogP contribution >= 0.6 is 0 Å². The lowest BCUT2D eigenvalue weighted by Crippen LogP contribution is -2.54. The van der Waals surface area contributed by atoms with E-state index in [2.05, 4.69) is 34.9 Å². The first-order valence-corrected chi connectivity index (χ1v) is 13.6. The van der Waals surface area contributed by atoms with Gasteiger partial charge in [0.05, 0.1) is 12.5 Å². The highest BCUT2D eigenvalue weighted by Gasteiger charge is 2.31. The molecule has 0 bridgehead atoms. The molecule has 0 aliphatic carbocycles. The smallest absolute Gasteiger partial charge is 0.211 e. The van der Waals surface area contributed by atoms with Crippen molar-refractivity contribution in [2.45, 2.75) is 32.9 Å². The van der Waals surface area contributed by atoms with Crippen molar-refractivity contribution >= 4 is 31.4 Å². The Morgan fingerprint density at radius 1 is 0.862 bits per heavy atom. The molecule has 0 unspecified atom stereocenters. The summed E-state index contributed by atoms with van der Waals surface area (Å²) in [5.74, 6) is 0. The summed E-state index contributed by atoms with van der Waals surface area (Å²) < 4.78 is 50.6. The number of anilines is 2. The van der Waals surface area contributed by atoms with Crippen molar-refractivity contribution in [1.82, 2.24) is 8.61 Å². The number of hydrogen-bond donors (Lipinski definition) is 0. The van der Waals surface area contributed by atoms with Crippen LogP contribution < -0.4 is 9.80 Å². The maximum atomic E-state index is 11.9. The maximum absolute atomic E-state index is 11.9. The third-order valence-corrected chi connectivity index (χ3v) is 8.57. The molecule has 2 aliphatic rings. The van der Waals surface area contributed by atoms with Crippen LogP contribution in [0.15, 0.2) is 18.2 Å². The first-order valence-electron chi connectivity index (χ1n) is 9.92. The van der Waals surface area contributed by atoms with Crippen molar-refractivity contribution in [3.8, 4) is 0 Å². The monoisotopic (exact) mass is 444 g/mol. The Morgan fingerprint density at radius 3 is 2.07 bits per heavy atom. The molecule has 1 aromatic carbocycles. The van der Waals surface area contributed by atoms with Crippen LogP contribution in [0, 0.1) is 6.92 Å². The van der Waals surface area contributed by atoms with Crippen molar-refractivity contribution in [1.29, 1.82) is 0 Å². The van der Waals surface area contributed by atoms with Crippen LogP contribution in [0.4, 0.5) is 11.4 Å². The molecular weight excluding hydrogens is 412 g/mol. The zero-order chi connectivity index (χ0) is 21.6. The van der Waals surface area contributed by atoms with E-state index in [0.717, 1.165) is 16.9 Å². The minimum atomic E-state index is -3.18. The Bertz CT molecular complexity index is 964. The second kappa shape index (κ2) is 8.05. The molecule has 2 aliphatic heterocycles. The van der Waals surface area contributed by atoms with Gasteiger partial charge in [0.2, 0.25) is 20.0 Å². The minimum absolute atomic E-state index is 0.0677. The van der Waals surface area contributed by atoms with E-state index in [1.807, 2.05) is 13.8 Å². The molecule has 0 spiro atoms. The van der Waals surface area contributed by atoms with Gasteiger partial charge in [-0.3, -0.25) is 0 Å². The predicted octanol–water partition coefficient (Wildman–Crippen LogP) is 0.935. The summed E-state index contributed by atoms with van der Waals surface area (Å²) in [7, 11) is -6.34. The Labute approximate surface area is 175 Å². The van der Waals surface area contributed by atoms with E-state index in [0.29, 0.717) is 39.3 Å². The van der Waals surface area contributed by atoms with Crippen LogP contribution in [0.2, 0.25) is 0 Å². The van der Waals surface area contributed by atoms with Crippen molar-refractivity contribution in [2.75, 3.05) is 61.6 Å². The van der Waals surface area contributed by atoms with Gasteiger partial charge in [0.25, 0.3) is 0 Å². The van der Waals surface area contributed by atoms with Crippen LogP contribution in [0.25, 0.3) is 0 Å². The van der Waals surface area contributed by atoms with E-state index in [1.54, 1.807) is 4.31 Å². The highest BCUT2D eigenvalue weighted by atomic mass is 32.2. The zero-order valence-corrected chi connectivity index (χ0v) is 19.5. The quantitative estimate of drug-likeness (QED) is 0.687. The maximum Gasteiger partial charge on any atom is 0.211 e. The molecule has 2 saturated heterocycles. The molecule has 164 valence electrons. The minimum Gasteiger partial charge on any atom is -0.368 e. The fourth-order valence-corrected chi connectivity index (χ4v) is 6.47. The topological polar surface area (TPSA) is 81.2 Å². The van der Waals surface area contributed by atoms with Crippen LogP contribution in [0.5, 0.6) is 0 Å². The summed E-state index contributed by atoms with van der Waals surface area (Å²) in [6.45, 7) is 9.54. The van der Waals surface area contributed by atoms with Gasteiger partial charge in [-0.05, 0) is 44.5 Å². The average Bonchev–Trinajstić information content (AvgIpc) is 2.59. The third kappa shape index (κ3) is 4.87. The highest BCUT2D eigenvalue weighted by molar-refractivity contribution is 7.88. The van der Waals surface area contributed by atoms with Gasteiger partial charge in [-0.2, -0.15) is 8.61 Å². The lowest BCUT2D eigenvalue weighted by Gasteiger charge is -2.41. The Kier molecular flexibility index (Phi) is 6.20. The van der Waals surface area contributed by atoms with Crippen LogP contribution in [-0.2, 0) is 20.0 Å². The highest BCUT2D eigenvalue weighted by Crippen LogP contribution is 2.30. The summed E-state index contributed by atoms with van der Waals surface area (Å²) in [5, 5.41) is 0. The number of nitrogens with zero attached hydrogens (tertiary/aromatic N) is 4. The molecule has 10 heteroatoms. The van der Waals surface area contributed by atoms with Gasteiger partial charge in [-0.1, -0.05) is 0 Å². The van der Waals surface area contributed by atoms with Gasteiger partial charge in [0.15, 0.2) is 0 Å². The molecule has 8 nitrogen and oxygen atoms in total. The van der Waals surface area contributed by atoms with Gasteiger partial charge in [-0.25, -0.2) is 16.8 Å². The second-order valence-electron chi connectivity index (χ2n) is 8.30. The standard InChI is InChI=1S/C19H32N4O4S2/c1-15-12-18(22-10-9-21(14-16(22)2)28(4,24)25)6-7-19(15)20-8-11-23(17(3)13-20)29(5,26)27/h6-7,12,16-17H,8-11,13-14H2,1-5H3/t16-,17+/m0/s1. The fraction of sp³-hybridized carbons (Fsp3) is 0.684. The lowest BCUT2D eigenvalue weighted by molar-refractivity contribution is 0.309. The summed E-state index contributed by atoms with van der Waals surface area (Å²) in [4.78, 5) is 4.50. The van der Waals surface area contributed by atoms with Gasteiger partial charge >= 0.3 is 0 Å². The zero-order valence-electron chi connectivity index (χ0n) is 17.9. The van der Waals surface area contributed by atoms with Crippen molar-refractivity contribution < 1.29 is 16.8 Å². The molecule has 1 aromatic rings. The second-order valence-corrected chi connectivity index (χ2v) is 12.2. The number of rotatable bonds is 4. The molecule has 2 fully saturated rings. The lowest BCUT2D eigenvalue weighted by atomic mass is 10.1. The molecule has 0 radical (unpaired) electrons. The first-order chi connectivity index (χ1) is 13.4. The van der Waals surface area contributed by atoms with Crippen LogP contribution in [0.1, 0.15) is 19.4 Å². The van der Waals surface area contributed by atoms with E-state index < -0.39 is 20.0 Å². The molecule has 29 heavy (non-hydrogen) atoms. The SMILES string of the molecule is Cc1cc(N2CCN(S(C)(=O)=O)C[C@@H]2C)ccc1N1CCN(S(C)(=O)=O)[C@H](C)C1. The van der Waals surface area contributed by atoms with Gasteiger partial charge in [0.1, 0.15) is 0 Å². The molecule has 2 heterocycles. The summed E-state index contributed by atoms with van der Waals surface area (Å²) in [6.07, 6.45) is 2.53. The number of hydrogen-bond acceptors (Lipinski definition) is 6. The molecule has 3 rings (SSSR count). The van der Waals surface area contributed by atoms with E-state index >= 15 is 0 Å². The number of sulfonamides is 2. The summed E-state index contributed by atoms with van der Waals surface area (Å²) in [5.41, 5.74) is 3.35. The van der Waals surface area contributed by atoms with Gasteiger partial charge in [0, 0.05) is 62.7 Å². The Balaban J connectivity index is 1.73. The summed E-state index contributed by atoms with van der Waals surface area (Å²) >= 11 is 0. The van der Waals surface area contributed by atoms with Crippen molar-refractivity contribution in [2.24, 2.45) is 0 Å². The normalized spacial score (nSPS) is 25.4. The van der Waals surface area contributed by atoms with Crippen LogP contribution in [0.3, 0.4) is 0 Å². The van der Waals surface area contributed by atoms with Gasteiger partial charge < -0.3 is 9.80 Å². The number of benzene rings is 1. The number of aryl methyl sites for hydroxylation is 1. The van der Waals surface area contributed by atoms with Crippen LogP contribution in [-0.4, -0.2) is 89.3 Å². The largest absolute Gasteiger partial charge is 0.368 e. The van der Waals surface area contributed by atoms with Gasteiger partial charge in [-0.15, -0.1) is 0 Å². The van der Waals surface area contributed by atoms with E-state index in [-0.39, 0.29) is 12.1 Å². The molecule has 0 saturated carbocycles. The van der Waals surface area contributed by atoms with E-state index in [9.17, 15) is 16.8 Å². The van der Waals surface area contributed by atoms with E-state index in [4.69, 9.17) is 0 Å². The van der Waals surface area contributed by atoms with Crippen molar-refractivity contribution in [3.05, 3.63) is 23.8 Å². The molecular formula is C19H32N4O4S2. The third-order valence-electron chi connectivity index (χ3n) is 5.90. The van der Waals surface area contributed by atoms with E-state index in [1.165, 1.54) is 16.8 Å². The average molecular weight is 445 g/mol. The summed E-state index contributed by atoms with van der Waals surface area (Å²) in [6, 6.07) is 6.37. The molecule has 0 aromatic heterocycles. The van der Waals surface area contributed by atoms with Crippen molar-refractivity contribution in [3.63, 3.8) is 0 Å². The first kappa shape index (κ1) is 22.3. The fourth-order valence-electron chi connectivity index (χ4n) is 4.43. The molecule has 2 atom stereocenters. The Hall–Kier alpha value is -1.36. The Morgan fingerprint density at radius 2 is 1.55 bits per heavy atom. The number of piperazine rings is 2. The molecule has 0 amide bonds.